The van der Waals surface area contributed by atoms with Crippen LogP contribution >= 0.6 is 11.8 Å². The molecule has 26 heavy (non-hydrogen) atoms. The summed E-state index contributed by atoms with van der Waals surface area (Å²) in [5.74, 6) is -0.120. The molecule has 1 atom stereocenters. The van der Waals surface area contributed by atoms with Crippen molar-refractivity contribution in [3.63, 3.8) is 0 Å². The Labute approximate surface area is 158 Å². The fourth-order valence-electron chi connectivity index (χ4n) is 2.97. The maximum absolute atomic E-state index is 12.5. The van der Waals surface area contributed by atoms with Gasteiger partial charge in [0.05, 0.1) is 5.25 Å². The maximum Gasteiger partial charge on any atom is 0.237 e. The summed E-state index contributed by atoms with van der Waals surface area (Å²) in [6.45, 7) is 4.39. The van der Waals surface area contributed by atoms with E-state index in [1.807, 2.05) is 37.3 Å². The lowest BCUT2D eigenvalue weighted by Crippen LogP contribution is -2.22. The van der Waals surface area contributed by atoms with E-state index in [2.05, 4.69) is 34.7 Å². The Morgan fingerprint density at radius 2 is 1.77 bits per heavy atom. The van der Waals surface area contributed by atoms with Crippen molar-refractivity contribution < 1.29 is 9.59 Å². The Kier molecular flexibility index (Phi) is 5.52. The molecule has 0 saturated carbocycles. The van der Waals surface area contributed by atoms with Crippen molar-refractivity contribution in [1.29, 1.82) is 0 Å². The first-order chi connectivity index (χ1) is 12.4. The zero-order valence-corrected chi connectivity index (χ0v) is 16.0. The number of nitrogens with zero attached hydrogens (tertiary/aromatic N) is 1. The number of fused-ring (bicyclic) bond motifs is 1. The predicted molar refractivity (Wildman–Crippen MR) is 108 cm³/mol. The van der Waals surface area contributed by atoms with Crippen molar-refractivity contribution in [3.8, 4) is 0 Å². The third-order valence-corrected chi connectivity index (χ3v) is 5.44. The van der Waals surface area contributed by atoms with Crippen LogP contribution in [0.15, 0.2) is 47.4 Å². The van der Waals surface area contributed by atoms with Crippen LogP contribution in [0, 0.1) is 0 Å². The predicted octanol–water partition coefficient (Wildman–Crippen LogP) is 3.76. The van der Waals surface area contributed by atoms with E-state index in [9.17, 15) is 9.59 Å². The van der Waals surface area contributed by atoms with Crippen molar-refractivity contribution >= 4 is 40.6 Å². The van der Waals surface area contributed by atoms with E-state index in [-0.39, 0.29) is 17.1 Å². The summed E-state index contributed by atoms with van der Waals surface area (Å²) in [4.78, 5) is 26.8. The van der Waals surface area contributed by atoms with E-state index in [1.165, 1.54) is 29.9 Å². The third kappa shape index (κ3) is 4.38. The van der Waals surface area contributed by atoms with Gasteiger partial charge in [0.1, 0.15) is 0 Å². The minimum absolute atomic E-state index is 0.0211. The van der Waals surface area contributed by atoms with Gasteiger partial charge in [-0.25, -0.2) is 0 Å². The number of rotatable bonds is 5. The molecule has 0 aliphatic carbocycles. The van der Waals surface area contributed by atoms with Crippen molar-refractivity contribution in [3.05, 3.63) is 48.0 Å². The van der Waals surface area contributed by atoms with Crippen LogP contribution in [0.3, 0.4) is 0 Å². The average Bonchev–Trinajstić information content (AvgIpc) is 2.96. The lowest BCUT2D eigenvalue weighted by atomic mass is 10.1. The minimum Gasteiger partial charge on any atom is -0.374 e. The first-order valence-corrected chi connectivity index (χ1v) is 9.49. The van der Waals surface area contributed by atoms with Gasteiger partial charge < -0.3 is 15.5 Å². The normalized spacial score (nSPS) is 13.9. The summed E-state index contributed by atoms with van der Waals surface area (Å²) in [5.41, 5.74) is 4.11. The molecule has 0 spiro atoms. The van der Waals surface area contributed by atoms with E-state index in [0.717, 1.165) is 29.2 Å². The lowest BCUT2D eigenvalue weighted by Gasteiger charge is -2.15. The smallest absolute Gasteiger partial charge is 0.237 e. The first-order valence-electron chi connectivity index (χ1n) is 8.61. The number of carbonyl (C=O) groups excluding carboxylic acids is 2. The van der Waals surface area contributed by atoms with E-state index in [1.54, 1.807) is 0 Å². The highest BCUT2D eigenvalue weighted by Crippen LogP contribution is 2.30. The van der Waals surface area contributed by atoms with Gasteiger partial charge in [-0.15, -0.1) is 11.8 Å². The molecule has 3 rings (SSSR count). The van der Waals surface area contributed by atoms with Crippen LogP contribution in [-0.2, 0) is 16.0 Å². The molecule has 2 aromatic rings. The number of benzene rings is 2. The molecular formula is C20H23N3O2S. The largest absolute Gasteiger partial charge is 0.374 e. The number of carbonyl (C=O) groups is 2. The molecule has 1 aliphatic rings. The van der Waals surface area contributed by atoms with E-state index in [0.29, 0.717) is 0 Å². The summed E-state index contributed by atoms with van der Waals surface area (Å²) >= 11 is 1.49. The fraction of sp³-hybridized carbons (Fsp3) is 0.300. The standard InChI is InChI=1S/C20H23N3O2S/c1-13(26-18-7-4-16(5-8-18)21-14(2)24)20(25)22-17-6-9-19-15(12-17)10-11-23(19)3/h4-9,12-13H,10-11H2,1-3H3,(H,21,24)(H,22,25)/t13-/m1/s1. The van der Waals surface area contributed by atoms with Gasteiger partial charge >= 0.3 is 0 Å². The molecule has 1 aliphatic heterocycles. The van der Waals surface area contributed by atoms with Gasteiger partial charge in [-0.05, 0) is 61.4 Å². The van der Waals surface area contributed by atoms with Crippen LogP contribution in [-0.4, -0.2) is 30.7 Å². The molecule has 2 aromatic carbocycles. The fourth-order valence-corrected chi connectivity index (χ4v) is 3.83. The van der Waals surface area contributed by atoms with Gasteiger partial charge in [0.25, 0.3) is 0 Å². The van der Waals surface area contributed by atoms with Crippen LogP contribution < -0.4 is 15.5 Å². The molecule has 0 fully saturated rings. The summed E-state index contributed by atoms with van der Waals surface area (Å²) in [5, 5.41) is 5.52. The lowest BCUT2D eigenvalue weighted by molar-refractivity contribution is -0.115. The summed E-state index contributed by atoms with van der Waals surface area (Å²) < 4.78 is 0. The number of anilines is 3. The summed E-state index contributed by atoms with van der Waals surface area (Å²) in [6, 6.07) is 13.6. The Balaban J connectivity index is 1.59. The zero-order valence-electron chi connectivity index (χ0n) is 15.2. The van der Waals surface area contributed by atoms with Crippen LogP contribution in [0.25, 0.3) is 0 Å². The Morgan fingerprint density at radius 3 is 2.46 bits per heavy atom. The summed E-state index contributed by atoms with van der Waals surface area (Å²) in [6.07, 6.45) is 1.01. The van der Waals surface area contributed by atoms with E-state index >= 15 is 0 Å². The highest BCUT2D eigenvalue weighted by atomic mass is 32.2. The van der Waals surface area contributed by atoms with Crippen LogP contribution in [0.5, 0.6) is 0 Å². The number of nitrogens with one attached hydrogen (secondary N) is 2. The van der Waals surface area contributed by atoms with Crippen LogP contribution in [0.4, 0.5) is 17.1 Å². The quantitative estimate of drug-likeness (QED) is 0.788. The highest BCUT2D eigenvalue weighted by Gasteiger charge is 2.18. The van der Waals surface area contributed by atoms with Gasteiger partial charge in [-0.3, -0.25) is 9.59 Å². The van der Waals surface area contributed by atoms with Gasteiger partial charge in [0, 0.05) is 42.5 Å². The van der Waals surface area contributed by atoms with Gasteiger partial charge in [-0.2, -0.15) is 0 Å². The topological polar surface area (TPSA) is 61.4 Å². The molecule has 1 heterocycles. The minimum atomic E-state index is -0.224. The molecule has 0 aromatic heterocycles. The van der Waals surface area contributed by atoms with Crippen molar-refractivity contribution in [2.45, 2.75) is 30.4 Å². The second kappa shape index (κ2) is 7.83. The SMILES string of the molecule is CC(=O)Nc1ccc(S[C@H](C)C(=O)Nc2ccc3c(c2)CCN3C)cc1. The van der Waals surface area contributed by atoms with Crippen molar-refractivity contribution in [1.82, 2.24) is 0 Å². The maximum atomic E-state index is 12.5. The van der Waals surface area contributed by atoms with Crippen molar-refractivity contribution in [2.75, 3.05) is 29.1 Å². The van der Waals surface area contributed by atoms with Gasteiger partial charge in [0.2, 0.25) is 11.8 Å². The molecule has 6 heteroatoms. The van der Waals surface area contributed by atoms with Crippen LogP contribution in [0.1, 0.15) is 19.4 Å². The van der Waals surface area contributed by atoms with E-state index < -0.39 is 0 Å². The zero-order chi connectivity index (χ0) is 18.7. The molecular weight excluding hydrogens is 346 g/mol. The van der Waals surface area contributed by atoms with Gasteiger partial charge in [0.15, 0.2) is 0 Å². The molecule has 0 unspecified atom stereocenters. The second-order valence-corrected chi connectivity index (χ2v) is 7.88. The van der Waals surface area contributed by atoms with Crippen molar-refractivity contribution in [2.24, 2.45) is 0 Å². The number of likely N-dealkylation sites (N-methyl/N-ethyl adjacent to an activating group) is 1. The first kappa shape index (κ1) is 18.3. The number of amides is 2. The second-order valence-electron chi connectivity index (χ2n) is 6.47. The molecule has 2 N–H and O–H groups in total. The molecule has 0 saturated heterocycles. The molecule has 0 bridgehead atoms. The molecule has 2 amide bonds. The molecule has 5 nitrogen and oxygen atoms in total. The Morgan fingerprint density at radius 1 is 1.08 bits per heavy atom. The Hall–Kier alpha value is -2.47. The third-order valence-electron chi connectivity index (χ3n) is 4.33. The molecule has 0 radical (unpaired) electrons. The molecule has 136 valence electrons. The van der Waals surface area contributed by atoms with Gasteiger partial charge in [-0.1, -0.05) is 0 Å². The monoisotopic (exact) mass is 369 g/mol. The summed E-state index contributed by atoms with van der Waals surface area (Å²) in [7, 11) is 2.08. The number of thioether (sulfide) groups is 1. The van der Waals surface area contributed by atoms with Crippen LogP contribution in [0.2, 0.25) is 0 Å². The van der Waals surface area contributed by atoms with E-state index in [4.69, 9.17) is 0 Å². The number of hydrogen-bond donors (Lipinski definition) is 2. The highest BCUT2D eigenvalue weighted by molar-refractivity contribution is 8.00. The number of hydrogen-bond acceptors (Lipinski definition) is 4. The Bertz CT molecular complexity index is 820. The average molecular weight is 369 g/mol.